The van der Waals surface area contributed by atoms with Crippen molar-refractivity contribution >= 4 is 27.2 Å². The predicted octanol–water partition coefficient (Wildman–Crippen LogP) is 3.40. The highest BCUT2D eigenvalue weighted by Gasteiger charge is 2.05. The van der Waals surface area contributed by atoms with Gasteiger partial charge in [0.1, 0.15) is 11.5 Å². The monoisotopic (exact) mass is 241 g/mol. The molecule has 4 heteroatoms. The van der Waals surface area contributed by atoms with Crippen LogP contribution < -0.4 is 5.32 Å². The highest BCUT2D eigenvalue weighted by atomic mass is 32.1. The third-order valence-corrected chi connectivity index (χ3v) is 3.74. The molecule has 0 unspecified atom stereocenters. The highest BCUT2D eigenvalue weighted by Crippen LogP contribution is 2.32. The van der Waals surface area contributed by atoms with Crippen molar-refractivity contribution in [2.45, 2.75) is 0 Å². The van der Waals surface area contributed by atoms with E-state index in [9.17, 15) is 0 Å². The quantitative estimate of drug-likeness (QED) is 0.747. The van der Waals surface area contributed by atoms with Crippen molar-refractivity contribution in [3.05, 3.63) is 42.5 Å². The number of aromatic nitrogens is 2. The Morgan fingerprint density at radius 3 is 2.65 bits per heavy atom. The maximum atomic E-state index is 4.21. The van der Waals surface area contributed by atoms with Crippen LogP contribution >= 0.6 is 11.3 Å². The van der Waals surface area contributed by atoms with Gasteiger partial charge in [0.2, 0.25) is 0 Å². The lowest BCUT2D eigenvalue weighted by Crippen LogP contribution is -1.94. The zero-order valence-corrected chi connectivity index (χ0v) is 10.2. The molecule has 0 aliphatic carbocycles. The van der Waals surface area contributed by atoms with E-state index in [1.807, 2.05) is 19.2 Å². The van der Waals surface area contributed by atoms with Crippen LogP contribution in [0.2, 0.25) is 0 Å². The molecule has 2 aromatic heterocycles. The van der Waals surface area contributed by atoms with Crippen LogP contribution in [0.25, 0.3) is 20.7 Å². The molecule has 0 atom stereocenters. The molecule has 3 aromatic rings. The third-order valence-electron chi connectivity index (χ3n) is 2.60. The van der Waals surface area contributed by atoms with Crippen molar-refractivity contribution in [1.29, 1.82) is 0 Å². The Hall–Kier alpha value is -1.94. The summed E-state index contributed by atoms with van der Waals surface area (Å²) in [6.07, 6.45) is 0. The molecule has 2 heterocycles. The normalized spacial score (nSPS) is 10.6. The summed E-state index contributed by atoms with van der Waals surface area (Å²) in [5.74, 6) is 0.787. The summed E-state index contributed by atoms with van der Waals surface area (Å²) in [6, 6.07) is 14.4. The van der Waals surface area contributed by atoms with E-state index in [1.54, 1.807) is 11.3 Å². The van der Waals surface area contributed by atoms with Gasteiger partial charge in [-0.3, -0.25) is 0 Å². The van der Waals surface area contributed by atoms with Gasteiger partial charge in [0, 0.05) is 11.7 Å². The smallest absolute Gasteiger partial charge is 0.148 e. The van der Waals surface area contributed by atoms with Crippen molar-refractivity contribution in [2.75, 3.05) is 12.4 Å². The van der Waals surface area contributed by atoms with Gasteiger partial charge in [-0.15, -0.1) is 21.5 Å². The molecule has 1 aromatic carbocycles. The Balaban J connectivity index is 2.07. The van der Waals surface area contributed by atoms with Gasteiger partial charge in [0.25, 0.3) is 0 Å². The second-order valence-corrected chi connectivity index (χ2v) is 4.79. The summed E-state index contributed by atoms with van der Waals surface area (Å²) in [7, 11) is 1.84. The van der Waals surface area contributed by atoms with E-state index in [4.69, 9.17) is 0 Å². The first kappa shape index (κ1) is 10.2. The molecule has 17 heavy (non-hydrogen) atoms. The van der Waals surface area contributed by atoms with Gasteiger partial charge < -0.3 is 5.32 Å². The average molecular weight is 241 g/mol. The first-order valence-electron chi connectivity index (χ1n) is 5.37. The molecule has 3 nitrogen and oxygen atoms in total. The molecule has 1 N–H and O–H groups in total. The van der Waals surface area contributed by atoms with Crippen LogP contribution in [-0.2, 0) is 0 Å². The molecular formula is C13H11N3S. The molecule has 0 bridgehead atoms. The van der Waals surface area contributed by atoms with E-state index in [2.05, 4.69) is 45.8 Å². The zero-order chi connectivity index (χ0) is 11.7. The minimum atomic E-state index is 0.787. The second-order valence-electron chi connectivity index (χ2n) is 3.70. The number of nitrogens with one attached hydrogen (secondary N) is 1. The Kier molecular flexibility index (Phi) is 2.49. The van der Waals surface area contributed by atoms with Crippen molar-refractivity contribution in [2.24, 2.45) is 0 Å². The minimum absolute atomic E-state index is 0.787. The zero-order valence-electron chi connectivity index (χ0n) is 9.34. The minimum Gasteiger partial charge on any atom is -0.372 e. The fraction of sp³-hybridized carbons (Fsp3) is 0.0769. The van der Waals surface area contributed by atoms with Gasteiger partial charge in [0.05, 0.1) is 4.88 Å². The van der Waals surface area contributed by atoms with Crippen LogP contribution in [-0.4, -0.2) is 17.2 Å². The molecule has 84 valence electrons. The van der Waals surface area contributed by atoms with Crippen LogP contribution in [0.3, 0.4) is 0 Å². The van der Waals surface area contributed by atoms with Gasteiger partial charge in [0.15, 0.2) is 0 Å². The molecule has 0 amide bonds. The number of nitrogens with zero attached hydrogens (tertiary/aromatic N) is 2. The number of rotatable bonds is 2. The predicted molar refractivity (Wildman–Crippen MR) is 72.4 cm³/mol. The largest absolute Gasteiger partial charge is 0.372 e. The molecule has 0 saturated carbocycles. The maximum Gasteiger partial charge on any atom is 0.148 e. The lowest BCUT2D eigenvalue weighted by molar-refractivity contribution is 1.04. The van der Waals surface area contributed by atoms with E-state index in [0.29, 0.717) is 0 Å². The van der Waals surface area contributed by atoms with Crippen molar-refractivity contribution in [1.82, 2.24) is 10.2 Å². The van der Waals surface area contributed by atoms with E-state index in [-0.39, 0.29) is 0 Å². The Labute approximate surface area is 103 Å². The van der Waals surface area contributed by atoms with Crippen molar-refractivity contribution in [3.63, 3.8) is 0 Å². The Morgan fingerprint density at radius 2 is 1.94 bits per heavy atom. The maximum absolute atomic E-state index is 4.21. The summed E-state index contributed by atoms with van der Waals surface area (Å²) in [4.78, 5) is 1.15. The van der Waals surface area contributed by atoms with Crippen LogP contribution in [0, 0.1) is 0 Å². The fourth-order valence-electron chi connectivity index (χ4n) is 1.71. The summed E-state index contributed by atoms with van der Waals surface area (Å²) < 4.78 is 1.28. The fourth-order valence-corrected chi connectivity index (χ4v) is 2.73. The number of thiophene rings is 1. The lowest BCUT2D eigenvalue weighted by Gasteiger charge is -1.98. The molecule has 0 radical (unpaired) electrons. The summed E-state index contributed by atoms with van der Waals surface area (Å²) in [6.45, 7) is 0. The summed E-state index contributed by atoms with van der Waals surface area (Å²) in [5.41, 5.74) is 0.921. The van der Waals surface area contributed by atoms with Gasteiger partial charge in [-0.1, -0.05) is 18.2 Å². The highest BCUT2D eigenvalue weighted by molar-refractivity contribution is 7.22. The molecule has 0 spiro atoms. The topological polar surface area (TPSA) is 37.8 Å². The summed E-state index contributed by atoms with van der Waals surface area (Å²) >= 11 is 1.74. The van der Waals surface area contributed by atoms with Gasteiger partial charge >= 0.3 is 0 Å². The van der Waals surface area contributed by atoms with Gasteiger partial charge in [-0.25, -0.2) is 0 Å². The SMILES string of the molecule is CNc1ccc(-c2cc3ccccc3s2)nn1. The number of hydrogen-bond donors (Lipinski definition) is 1. The number of fused-ring (bicyclic) bond motifs is 1. The molecule has 0 aliphatic rings. The number of hydrogen-bond acceptors (Lipinski definition) is 4. The molecule has 3 rings (SSSR count). The summed E-state index contributed by atoms with van der Waals surface area (Å²) in [5, 5.41) is 12.5. The van der Waals surface area contributed by atoms with E-state index in [0.717, 1.165) is 16.4 Å². The second kappa shape index (κ2) is 4.14. The van der Waals surface area contributed by atoms with E-state index in [1.165, 1.54) is 10.1 Å². The van der Waals surface area contributed by atoms with Crippen molar-refractivity contribution in [3.8, 4) is 10.6 Å². The number of benzene rings is 1. The average Bonchev–Trinajstić information content (AvgIpc) is 2.82. The van der Waals surface area contributed by atoms with Crippen LogP contribution in [0.4, 0.5) is 5.82 Å². The Morgan fingerprint density at radius 1 is 1.06 bits per heavy atom. The third kappa shape index (κ3) is 1.87. The van der Waals surface area contributed by atoms with Crippen molar-refractivity contribution < 1.29 is 0 Å². The van der Waals surface area contributed by atoms with Gasteiger partial charge in [-0.05, 0) is 29.7 Å². The molecule has 0 fully saturated rings. The van der Waals surface area contributed by atoms with Gasteiger partial charge in [-0.2, -0.15) is 0 Å². The van der Waals surface area contributed by atoms with E-state index < -0.39 is 0 Å². The first-order chi connectivity index (χ1) is 8.36. The molecular weight excluding hydrogens is 230 g/mol. The van der Waals surface area contributed by atoms with Crippen LogP contribution in [0.15, 0.2) is 42.5 Å². The Bertz CT molecular complexity index is 610. The first-order valence-corrected chi connectivity index (χ1v) is 6.19. The van der Waals surface area contributed by atoms with E-state index >= 15 is 0 Å². The standard InChI is InChI=1S/C13H11N3S/c1-14-13-7-6-10(15-16-13)12-8-9-4-2-3-5-11(9)17-12/h2-8H,1H3,(H,14,16). The number of anilines is 1. The molecule has 0 saturated heterocycles. The lowest BCUT2D eigenvalue weighted by atomic mass is 10.2. The molecule has 0 aliphatic heterocycles. The van der Waals surface area contributed by atoms with Crippen LogP contribution in [0.1, 0.15) is 0 Å². The van der Waals surface area contributed by atoms with Crippen LogP contribution in [0.5, 0.6) is 0 Å².